The predicted molar refractivity (Wildman–Crippen MR) is 115 cm³/mol. The van der Waals surface area contributed by atoms with Crippen LogP contribution in [0.5, 0.6) is 0 Å². The van der Waals surface area contributed by atoms with Gasteiger partial charge in [-0.15, -0.1) is 0 Å². The lowest BCUT2D eigenvalue weighted by Crippen LogP contribution is -2.33. The van der Waals surface area contributed by atoms with Crippen molar-refractivity contribution in [3.8, 4) is 0 Å². The molecule has 0 spiro atoms. The van der Waals surface area contributed by atoms with Crippen molar-refractivity contribution in [2.45, 2.75) is 59.4 Å². The number of amides is 2. The molecule has 1 N–H and O–H groups in total. The van der Waals surface area contributed by atoms with Gasteiger partial charge in [0.25, 0.3) is 0 Å². The lowest BCUT2D eigenvalue weighted by molar-refractivity contribution is -0.134. The van der Waals surface area contributed by atoms with Crippen molar-refractivity contribution >= 4 is 17.5 Å². The highest BCUT2D eigenvalue weighted by molar-refractivity contribution is 6.04. The SMILES string of the molecule is CCN(Cc1ccccc1)C(=O)CC(=O)Nc1c(C(C)C)cccc1C(C)C. The Labute approximate surface area is 169 Å². The fraction of sp³-hybridized carbons (Fsp3) is 0.417. The van der Waals surface area contributed by atoms with Crippen LogP contribution in [0.25, 0.3) is 0 Å². The molecule has 2 amide bonds. The minimum absolute atomic E-state index is 0.148. The number of anilines is 1. The molecule has 0 aliphatic carbocycles. The number of carbonyl (C=O) groups excluding carboxylic acids is 2. The first kappa shape index (κ1) is 21.7. The summed E-state index contributed by atoms with van der Waals surface area (Å²) in [5.74, 6) is 0.160. The highest BCUT2D eigenvalue weighted by atomic mass is 16.2. The number of hydrogen-bond acceptors (Lipinski definition) is 2. The minimum atomic E-state index is -0.258. The Hall–Kier alpha value is -2.62. The first-order valence-corrected chi connectivity index (χ1v) is 10.1. The van der Waals surface area contributed by atoms with Gasteiger partial charge in [0.15, 0.2) is 0 Å². The van der Waals surface area contributed by atoms with Gasteiger partial charge in [-0.05, 0) is 35.4 Å². The van der Waals surface area contributed by atoms with E-state index in [-0.39, 0.29) is 30.1 Å². The third-order valence-corrected chi connectivity index (χ3v) is 4.90. The molecule has 2 aromatic carbocycles. The van der Waals surface area contributed by atoms with Crippen LogP contribution in [0.4, 0.5) is 5.69 Å². The molecule has 28 heavy (non-hydrogen) atoms. The minimum Gasteiger partial charge on any atom is -0.338 e. The molecule has 0 heterocycles. The molecule has 0 radical (unpaired) electrons. The smallest absolute Gasteiger partial charge is 0.233 e. The van der Waals surface area contributed by atoms with E-state index in [0.29, 0.717) is 13.1 Å². The fourth-order valence-electron chi connectivity index (χ4n) is 3.31. The quantitative estimate of drug-likeness (QED) is 0.631. The van der Waals surface area contributed by atoms with Crippen LogP contribution in [-0.4, -0.2) is 23.3 Å². The number of nitrogens with zero attached hydrogens (tertiary/aromatic N) is 1. The van der Waals surface area contributed by atoms with Gasteiger partial charge in [0.2, 0.25) is 11.8 Å². The molecule has 0 saturated carbocycles. The van der Waals surface area contributed by atoms with Gasteiger partial charge in [0, 0.05) is 18.8 Å². The molecule has 4 heteroatoms. The maximum atomic E-state index is 12.7. The third-order valence-electron chi connectivity index (χ3n) is 4.90. The van der Waals surface area contributed by atoms with Gasteiger partial charge in [0.05, 0.1) is 0 Å². The Balaban J connectivity index is 2.12. The summed E-state index contributed by atoms with van der Waals surface area (Å²) in [7, 11) is 0. The van der Waals surface area contributed by atoms with E-state index in [1.807, 2.05) is 55.5 Å². The topological polar surface area (TPSA) is 49.4 Å². The van der Waals surface area contributed by atoms with E-state index < -0.39 is 0 Å². The van der Waals surface area contributed by atoms with Crippen molar-refractivity contribution in [2.75, 3.05) is 11.9 Å². The van der Waals surface area contributed by atoms with Gasteiger partial charge in [-0.1, -0.05) is 76.2 Å². The highest BCUT2D eigenvalue weighted by Gasteiger charge is 2.20. The molecule has 2 aromatic rings. The second kappa shape index (κ2) is 10.1. The maximum absolute atomic E-state index is 12.7. The molecule has 0 aliphatic heterocycles. The molecule has 4 nitrogen and oxygen atoms in total. The summed E-state index contributed by atoms with van der Waals surface area (Å²) in [6, 6.07) is 16.0. The van der Waals surface area contributed by atoms with Gasteiger partial charge >= 0.3 is 0 Å². The average molecular weight is 381 g/mol. The van der Waals surface area contributed by atoms with Gasteiger partial charge in [0.1, 0.15) is 6.42 Å². The number of para-hydroxylation sites is 1. The van der Waals surface area contributed by atoms with Crippen LogP contribution in [-0.2, 0) is 16.1 Å². The largest absolute Gasteiger partial charge is 0.338 e. The molecule has 0 atom stereocenters. The number of hydrogen-bond donors (Lipinski definition) is 1. The van der Waals surface area contributed by atoms with Crippen LogP contribution in [0.3, 0.4) is 0 Å². The summed E-state index contributed by atoms with van der Waals surface area (Å²) in [5, 5.41) is 3.03. The summed E-state index contributed by atoms with van der Waals surface area (Å²) < 4.78 is 0. The van der Waals surface area contributed by atoms with Crippen LogP contribution in [0, 0.1) is 0 Å². The molecule has 0 aromatic heterocycles. The Morgan fingerprint density at radius 1 is 0.893 bits per heavy atom. The fourth-order valence-corrected chi connectivity index (χ4v) is 3.31. The van der Waals surface area contributed by atoms with E-state index >= 15 is 0 Å². The van der Waals surface area contributed by atoms with E-state index in [2.05, 4.69) is 33.0 Å². The first-order chi connectivity index (χ1) is 13.3. The summed E-state index contributed by atoms with van der Waals surface area (Å²) in [4.78, 5) is 27.1. The zero-order chi connectivity index (χ0) is 20.7. The molecule has 0 fully saturated rings. The van der Waals surface area contributed by atoms with Crippen LogP contribution in [0.15, 0.2) is 48.5 Å². The van der Waals surface area contributed by atoms with Crippen molar-refractivity contribution in [1.29, 1.82) is 0 Å². The van der Waals surface area contributed by atoms with Gasteiger partial charge in [-0.2, -0.15) is 0 Å². The molecule has 0 bridgehead atoms. The number of carbonyl (C=O) groups is 2. The Morgan fingerprint density at radius 2 is 1.46 bits per heavy atom. The average Bonchev–Trinajstić information content (AvgIpc) is 2.66. The van der Waals surface area contributed by atoms with E-state index in [1.54, 1.807) is 4.90 Å². The van der Waals surface area contributed by atoms with Crippen molar-refractivity contribution in [3.05, 3.63) is 65.2 Å². The molecule has 2 rings (SSSR count). The van der Waals surface area contributed by atoms with Crippen molar-refractivity contribution < 1.29 is 9.59 Å². The first-order valence-electron chi connectivity index (χ1n) is 10.1. The van der Waals surface area contributed by atoms with Gasteiger partial charge in [-0.3, -0.25) is 9.59 Å². The zero-order valence-electron chi connectivity index (χ0n) is 17.7. The molecule has 150 valence electrons. The Kier molecular flexibility index (Phi) is 7.80. The normalized spacial score (nSPS) is 11.0. The second-order valence-electron chi connectivity index (χ2n) is 7.74. The summed E-state index contributed by atoms with van der Waals surface area (Å²) in [5.41, 5.74) is 4.12. The summed E-state index contributed by atoms with van der Waals surface area (Å²) in [6.07, 6.45) is -0.148. The van der Waals surface area contributed by atoms with Crippen molar-refractivity contribution in [1.82, 2.24) is 4.90 Å². The molecular weight excluding hydrogens is 348 g/mol. The summed E-state index contributed by atoms with van der Waals surface area (Å²) >= 11 is 0. The van der Waals surface area contributed by atoms with E-state index in [0.717, 1.165) is 22.4 Å². The van der Waals surface area contributed by atoms with Crippen molar-refractivity contribution in [3.63, 3.8) is 0 Å². The van der Waals surface area contributed by atoms with E-state index in [4.69, 9.17) is 0 Å². The standard InChI is InChI=1S/C24H32N2O2/c1-6-26(16-19-11-8-7-9-12-19)23(28)15-22(27)25-24-20(17(2)3)13-10-14-21(24)18(4)5/h7-14,17-18H,6,15-16H2,1-5H3,(H,25,27). The lowest BCUT2D eigenvalue weighted by atomic mass is 9.92. The van der Waals surface area contributed by atoms with Gasteiger partial charge < -0.3 is 10.2 Å². The van der Waals surface area contributed by atoms with Crippen LogP contribution >= 0.6 is 0 Å². The second-order valence-corrected chi connectivity index (χ2v) is 7.74. The molecule has 0 saturated heterocycles. The molecule has 0 aliphatic rings. The maximum Gasteiger partial charge on any atom is 0.233 e. The Bertz CT molecular complexity index is 771. The Morgan fingerprint density at radius 3 is 1.96 bits per heavy atom. The van der Waals surface area contributed by atoms with Crippen LogP contribution in [0.2, 0.25) is 0 Å². The monoisotopic (exact) mass is 380 g/mol. The van der Waals surface area contributed by atoms with Crippen LogP contribution < -0.4 is 5.32 Å². The lowest BCUT2D eigenvalue weighted by Gasteiger charge is -2.22. The highest BCUT2D eigenvalue weighted by Crippen LogP contribution is 2.32. The molecule has 0 unspecified atom stereocenters. The summed E-state index contributed by atoms with van der Waals surface area (Å²) in [6.45, 7) is 11.5. The van der Waals surface area contributed by atoms with Crippen molar-refractivity contribution in [2.24, 2.45) is 0 Å². The van der Waals surface area contributed by atoms with Gasteiger partial charge in [-0.25, -0.2) is 0 Å². The predicted octanol–water partition coefficient (Wildman–Crippen LogP) is 5.31. The number of nitrogens with one attached hydrogen (secondary N) is 1. The number of benzene rings is 2. The van der Waals surface area contributed by atoms with Crippen LogP contribution in [0.1, 0.15) is 69.6 Å². The van der Waals surface area contributed by atoms with E-state index in [9.17, 15) is 9.59 Å². The zero-order valence-corrected chi connectivity index (χ0v) is 17.7. The number of rotatable bonds is 8. The molecular formula is C24H32N2O2. The van der Waals surface area contributed by atoms with E-state index in [1.165, 1.54) is 0 Å². The third kappa shape index (κ3) is 5.69.